The summed E-state index contributed by atoms with van der Waals surface area (Å²) >= 11 is 0. The summed E-state index contributed by atoms with van der Waals surface area (Å²) in [5.41, 5.74) is 0.681. The van der Waals surface area contributed by atoms with Gasteiger partial charge in [-0.2, -0.15) is 13.2 Å². The lowest BCUT2D eigenvalue weighted by molar-refractivity contribution is -0.140. The second-order valence-electron chi connectivity index (χ2n) is 4.71. The Morgan fingerprint density at radius 1 is 1.00 bits per heavy atom. The number of rotatable bonds is 2. The van der Waals surface area contributed by atoms with Crippen LogP contribution in [0.2, 0.25) is 0 Å². The molecule has 0 spiro atoms. The number of halogens is 4. The SMILES string of the molecule is Fc1cc(C=Cc2nc3ccccc3[nH]2)ccc1C(F)(F)F. The van der Waals surface area contributed by atoms with E-state index in [1.807, 2.05) is 24.3 Å². The number of nitrogens with zero attached hydrogens (tertiary/aromatic N) is 1. The van der Waals surface area contributed by atoms with Crippen LogP contribution >= 0.6 is 0 Å². The number of benzene rings is 2. The smallest absolute Gasteiger partial charge is 0.338 e. The van der Waals surface area contributed by atoms with E-state index in [4.69, 9.17) is 0 Å². The molecule has 1 heterocycles. The van der Waals surface area contributed by atoms with Crippen molar-refractivity contribution in [3.8, 4) is 0 Å². The minimum atomic E-state index is -4.69. The standard InChI is InChI=1S/C16H10F4N2/c17-12-9-10(5-7-11(12)16(18,19)20)6-8-15-21-13-3-1-2-4-14(13)22-15/h1-9H,(H,21,22). The van der Waals surface area contributed by atoms with Crippen molar-refractivity contribution in [2.45, 2.75) is 6.18 Å². The third kappa shape index (κ3) is 2.86. The number of nitrogens with one attached hydrogen (secondary N) is 1. The second kappa shape index (κ2) is 5.29. The van der Waals surface area contributed by atoms with Gasteiger partial charge in [-0.25, -0.2) is 9.37 Å². The Morgan fingerprint density at radius 3 is 2.45 bits per heavy atom. The molecule has 0 aliphatic heterocycles. The normalized spacial score (nSPS) is 12.4. The molecule has 3 aromatic rings. The molecule has 1 aromatic heterocycles. The average molecular weight is 306 g/mol. The fraction of sp³-hybridized carbons (Fsp3) is 0.0625. The lowest BCUT2D eigenvalue weighted by Gasteiger charge is -2.07. The minimum absolute atomic E-state index is 0.325. The highest BCUT2D eigenvalue weighted by Gasteiger charge is 2.33. The summed E-state index contributed by atoms with van der Waals surface area (Å²) in [6, 6.07) is 10.2. The quantitative estimate of drug-likeness (QED) is 0.671. The van der Waals surface area contributed by atoms with E-state index in [2.05, 4.69) is 9.97 Å². The maximum atomic E-state index is 13.5. The fourth-order valence-corrected chi connectivity index (χ4v) is 2.09. The van der Waals surface area contributed by atoms with Crippen LogP contribution in [0.15, 0.2) is 42.5 Å². The highest BCUT2D eigenvalue weighted by molar-refractivity contribution is 5.78. The molecule has 0 aliphatic rings. The molecule has 3 rings (SSSR count). The predicted molar refractivity (Wildman–Crippen MR) is 76.4 cm³/mol. The van der Waals surface area contributed by atoms with Crippen LogP contribution in [0.1, 0.15) is 17.0 Å². The number of imidazole rings is 1. The maximum absolute atomic E-state index is 13.5. The fourth-order valence-electron chi connectivity index (χ4n) is 2.09. The highest BCUT2D eigenvalue weighted by atomic mass is 19.4. The van der Waals surface area contributed by atoms with Gasteiger partial charge in [-0.15, -0.1) is 0 Å². The van der Waals surface area contributed by atoms with Crippen molar-refractivity contribution in [2.24, 2.45) is 0 Å². The Hall–Kier alpha value is -2.63. The van der Waals surface area contributed by atoms with E-state index in [0.717, 1.165) is 23.2 Å². The molecular weight excluding hydrogens is 296 g/mol. The first kappa shape index (κ1) is 14.3. The molecular formula is C16H10F4N2. The third-order valence-electron chi connectivity index (χ3n) is 3.14. The molecule has 0 saturated heterocycles. The Balaban J connectivity index is 1.87. The van der Waals surface area contributed by atoms with Gasteiger partial charge >= 0.3 is 6.18 Å². The van der Waals surface area contributed by atoms with Gasteiger partial charge in [-0.05, 0) is 35.9 Å². The van der Waals surface area contributed by atoms with Gasteiger partial charge in [0.15, 0.2) is 0 Å². The summed E-state index contributed by atoms with van der Waals surface area (Å²) in [6.45, 7) is 0. The Kier molecular flexibility index (Phi) is 3.44. The first-order valence-electron chi connectivity index (χ1n) is 6.43. The number of H-pyrrole nitrogens is 1. The van der Waals surface area contributed by atoms with Crippen LogP contribution in [-0.2, 0) is 6.18 Å². The van der Waals surface area contributed by atoms with Crippen molar-refractivity contribution in [1.82, 2.24) is 9.97 Å². The van der Waals surface area contributed by atoms with Gasteiger partial charge in [-0.3, -0.25) is 0 Å². The minimum Gasteiger partial charge on any atom is -0.338 e. The van der Waals surface area contributed by atoms with Crippen molar-refractivity contribution in [2.75, 3.05) is 0 Å². The zero-order valence-corrected chi connectivity index (χ0v) is 11.2. The predicted octanol–water partition coefficient (Wildman–Crippen LogP) is 4.89. The molecule has 0 aliphatic carbocycles. The van der Waals surface area contributed by atoms with E-state index >= 15 is 0 Å². The number of hydrogen-bond acceptors (Lipinski definition) is 1. The zero-order chi connectivity index (χ0) is 15.7. The molecule has 0 amide bonds. The summed E-state index contributed by atoms with van der Waals surface area (Å²) in [4.78, 5) is 7.34. The van der Waals surface area contributed by atoms with Crippen molar-refractivity contribution in [1.29, 1.82) is 0 Å². The van der Waals surface area contributed by atoms with Gasteiger partial charge in [0.05, 0.1) is 16.6 Å². The molecule has 112 valence electrons. The van der Waals surface area contributed by atoms with E-state index in [1.54, 1.807) is 6.08 Å². The Morgan fingerprint density at radius 2 is 1.77 bits per heavy atom. The summed E-state index contributed by atoms with van der Waals surface area (Å²) in [5.74, 6) is -0.749. The molecule has 22 heavy (non-hydrogen) atoms. The molecule has 2 aromatic carbocycles. The van der Waals surface area contributed by atoms with Gasteiger partial charge < -0.3 is 4.98 Å². The number of aromatic amines is 1. The molecule has 0 radical (unpaired) electrons. The van der Waals surface area contributed by atoms with Crippen LogP contribution < -0.4 is 0 Å². The van der Waals surface area contributed by atoms with Crippen molar-refractivity contribution in [3.63, 3.8) is 0 Å². The van der Waals surface area contributed by atoms with Crippen LogP contribution in [0.25, 0.3) is 23.2 Å². The van der Waals surface area contributed by atoms with E-state index in [-0.39, 0.29) is 0 Å². The lowest BCUT2D eigenvalue weighted by atomic mass is 10.1. The van der Waals surface area contributed by atoms with E-state index in [1.165, 1.54) is 12.1 Å². The molecule has 0 bridgehead atoms. The number of aromatic nitrogens is 2. The number of para-hydroxylation sites is 2. The topological polar surface area (TPSA) is 28.7 Å². The Labute approximate surface area is 123 Å². The van der Waals surface area contributed by atoms with Gasteiger partial charge in [0, 0.05) is 0 Å². The number of fused-ring (bicyclic) bond motifs is 1. The molecule has 0 saturated carbocycles. The zero-order valence-electron chi connectivity index (χ0n) is 11.2. The second-order valence-corrected chi connectivity index (χ2v) is 4.71. The summed E-state index contributed by atoms with van der Waals surface area (Å²) in [7, 11) is 0. The molecule has 2 nitrogen and oxygen atoms in total. The van der Waals surface area contributed by atoms with Gasteiger partial charge in [0.1, 0.15) is 11.6 Å². The highest BCUT2D eigenvalue weighted by Crippen LogP contribution is 2.31. The lowest BCUT2D eigenvalue weighted by Crippen LogP contribution is -2.07. The molecule has 0 atom stereocenters. The van der Waals surface area contributed by atoms with E-state index in [9.17, 15) is 17.6 Å². The van der Waals surface area contributed by atoms with Crippen molar-refractivity contribution < 1.29 is 17.6 Å². The van der Waals surface area contributed by atoms with Crippen molar-refractivity contribution in [3.05, 3.63) is 65.2 Å². The van der Waals surface area contributed by atoms with Crippen LogP contribution in [0.4, 0.5) is 17.6 Å². The summed E-state index contributed by atoms with van der Waals surface area (Å²) < 4.78 is 50.9. The van der Waals surface area contributed by atoms with Gasteiger partial charge in [-0.1, -0.05) is 24.3 Å². The van der Waals surface area contributed by atoms with Crippen LogP contribution in [0.3, 0.4) is 0 Å². The Bertz CT molecular complexity index is 814. The average Bonchev–Trinajstić information content (AvgIpc) is 2.86. The van der Waals surface area contributed by atoms with Gasteiger partial charge in [0.2, 0.25) is 0 Å². The van der Waals surface area contributed by atoms with E-state index < -0.39 is 17.6 Å². The summed E-state index contributed by atoms with van der Waals surface area (Å²) in [6.07, 6.45) is -1.60. The van der Waals surface area contributed by atoms with Crippen LogP contribution in [-0.4, -0.2) is 9.97 Å². The monoisotopic (exact) mass is 306 g/mol. The van der Waals surface area contributed by atoms with Crippen molar-refractivity contribution >= 4 is 23.2 Å². The molecule has 1 N–H and O–H groups in total. The van der Waals surface area contributed by atoms with Gasteiger partial charge in [0.25, 0.3) is 0 Å². The van der Waals surface area contributed by atoms with Crippen LogP contribution in [0, 0.1) is 5.82 Å². The molecule has 6 heteroatoms. The molecule has 0 fully saturated rings. The number of alkyl halides is 3. The largest absolute Gasteiger partial charge is 0.419 e. The number of hydrogen-bond donors (Lipinski definition) is 1. The maximum Gasteiger partial charge on any atom is 0.419 e. The van der Waals surface area contributed by atoms with Crippen LogP contribution in [0.5, 0.6) is 0 Å². The van der Waals surface area contributed by atoms with E-state index in [0.29, 0.717) is 11.4 Å². The molecule has 0 unspecified atom stereocenters. The first-order valence-corrected chi connectivity index (χ1v) is 6.43. The first-order chi connectivity index (χ1) is 10.4. The summed E-state index contributed by atoms with van der Waals surface area (Å²) in [5, 5.41) is 0. The third-order valence-corrected chi connectivity index (χ3v) is 3.14.